The van der Waals surface area contributed by atoms with Gasteiger partial charge in [0.05, 0.1) is 0 Å². The molecule has 0 N–H and O–H groups in total. The number of carbonyl (C=O) groups is 1. The molecule has 1 aliphatic heterocycles. The minimum absolute atomic E-state index is 0.0109. The highest BCUT2D eigenvalue weighted by atomic mass is 19.3. The molecule has 5 heteroatoms. The monoisotopic (exact) mass is 212 g/mol. The maximum absolute atomic E-state index is 12.6. The molecule has 0 atom stereocenters. The van der Waals surface area contributed by atoms with Gasteiger partial charge in [0.1, 0.15) is 6.29 Å². The van der Waals surface area contributed by atoms with E-state index >= 15 is 0 Å². The predicted octanol–water partition coefficient (Wildman–Crippen LogP) is 2.22. The second kappa shape index (κ2) is 3.34. The predicted molar refractivity (Wildman–Crippen MR) is 47.7 cm³/mol. The smallest absolute Gasteiger partial charge is 0.395 e. The van der Waals surface area contributed by atoms with Gasteiger partial charge in [-0.3, -0.25) is 4.79 Å². The summed E-state index contributed by atoms with van der Waals surface area (Å²) in [4.78, 5) is 10.1. The Hall–Kier alpha value is -1.91. The van der Waals surface area contributed by atoms with Crippen LogP contribution in [0.15, 0.2) is 24.3 Å². The number of allylic oxidation sites excluding steroid dienone is 1. The van der Waals surface area contributed by atoms with Crippen molar-refractivity contribution in [3.8, 4) is 11.5 Å². The van der Waals surface area contributed by atoms with Crippen LogP contribution >= 0.6 is 0 Å². The molecule has 0 unspecified atom stereocenters. The van der Waals surface area contributed by atoms with E-state index in [0.717, 1.165) is 0 Å². The molecule has 0 aromatic heterocycles. The molecule has 78 valence electrons. The Balaban J connectivity index is 2.30. The third kappa shape index (κ3) is 1.96. The van der Waals surface area contributed by atoms with Crippen LogP contribution < -0.4 is 9.47 Å². The first-order chi connectivity index (χ1) is 7.11. The fourth-order valence-electron chi connectivity index (χ4n) is 1.22. The molecule has 0 fully saturated rings. The van der Waals surface area contributed by atoms with Gasteiger partial charge >= 0.3 is 6.29 Å². The van der Waals surface area contributed by atoms with Crippen LogP contribution in [0.3, 0.4) is 0 Å². The van der Waals surface area contributed by atoms with Gasteiger partial charge in [0.15, 0.2) is 11.5 Å². The van der Waals surface area contributed by atoms with Crippen molar-refractivity contribution < 1.29 is 23.0 Å². The Kier molecular flexibility index (Phi) is 2.15. The molecule has 15 heavy (non-hydrogen) atoms. The lowest BCUT2D eigenvalue weighted by Crippen LogP contribution is -2.25. The van der Waals surface area contributed by atoms with Crippen LogP contribution in [-0.4, -0.2) is 12.6 Å². The lowest BCUT2D eigenvalue weighted by atomic mass is 10.2. The number of aldehydes is 1. The molecule has 0 saturated carbocycles. The molecular weight excluding hydrogens is 206 g/mol. The van der Waals surface area contributed by atoms with E-state index in [1.807, 2.05) is 0 Å². The molecule has 1 aromatic rings. The van der Waals surface area contributed by atoms with Crippen LogP contribution in [0.4, 0.5) is 8.78 Å². The summed E-state index contributed by atoms with van der Waals surface area (Å²) < 4.78 is 33.6. The van der Waals surface area contributed by atoms with Crippen molar-refractivity contribution in [3.05, 3.63) is 29.8 Å². The second-order valence-electron chi connectivity index (χ2n) is 2.87. The molecule has 2 rings (SSSR count). The minimum atomic E-state index is -3.60. The zero-order chi connectivity index (χ0) is 10.9. The van der Waals surface area contributed by atoms with Crippen LogP contribution in [0.5, 0.6) is 11.5 Å². The molecule has 0 radical (unpaired) electrons. The number of carbonyl (C=O) groups excluding carboxylic acids is 1. The van der Waals surface area contributed by atoms with Crippen molar-refractivity contribution in [1.82, 2.24) is 0 Å². The molecular formula is C10H6F2O3. The summed E-state index contributed by atoms with van der Waals surface area (Å²) in [6, 6.07) is 4.28. The van der Waals surface area contributed by atoms with Crippen molar-refractivity contribution in [2.24, 2.45) is 0 Å². The lowest BCUT2D eigenvalue weighted by Gasteiger charge is -2.04. The molecule has 0 aliphatic carbocycles. The highest BCUT2D eigenvalue weighted by Gasteiger charge is 2.43. The van der Waals surface area contributed by atoms with Crippen LogP contribution in [0.1, 0.15) is 5.56 Å². The molecule has 3 nitrogen and oxygen atoms in total. The van der Waals surface area contributed by atoms with E-state index in [0.29, 0.717) is 11.8 Å². The van der Waals surface area contributed by atoms with Gasteiger partial charge in [-0.05, 0) is 23.8 Å². The van der Waals surface area contributed by atoms with Crippen molar-refractivity contribution in [1.29, 1.82) is 0 Å². The number of hydrogen-bond donors (Lipinski definition) is 0. The number of halogens is 2. The number of rotatable bonds is 2. The average molecular weight is 212 g/mol. The Morgan fingerprint density at radius 3 is 2.67 bits per heavy atom. The molecule has 1 aromatic carbocycles. The van der Waals surface area contributed by atoms with Crippen LogP contribution in [0, 0.1) is 0 Å². The molecule has 0 spiro atoms. The van der Waals surface area contributed by atoms with E-state index in [1.165, 1.54) is 24.3 Å². The lowest BCUT2D eigenvalue weighted by molar-refractivity contribution is -0.286. The van der Waals surface area contributed by atoms with Gasteiger partial charge in [0, 0.05) is 0 Å². The largest absolute Gasteiger partial charge is 0.586 e. The van der Waals surface area contributed by atoms with E-state index in [-0.39, 0.29) is 11.5 Å². The minimum Gasteiger partial charge on any atom is -0.395 e. The van der Waals surface area contributed by atoms with Gasteiger partial charge in [0.25, 0.3) is 0 Å². The van der Waals surface area contributed by atoms with E-state index in [4.69, 9.17) is 0 Å². The summed E-state index contributed by atoms with van der Waals surface area (Å²) in [6.07, 6.45) is -0.267. The first-order valence-corrected chi connectivity index (χ1v) is 4.12. The maximum Gasteiger partial charge on any atom is 0.586 e. The third-order valence-corrected chi connectivity index (χ3v) is 1.79. The van der Waals surface area contributed by atoms with Crippen molar-refractivity contribution >= 4 is 12.4 Å². The number of alkyl halides is 2. The van der Waals surface area contributed by atoms with Crippen molar-refractivity contribution in [3.63, 3.8) is 0 Å². The fraction of sp³-hybridized carbons (Fsp3) is 0.100. The summed E-state index contributed by atoms with van der Waals surface area (Å²) in [5.41, 5.74) is 0.585. The summed E-state index contributed by atoms with van der Waals surface area (Å²) in [5, 5.41) is 0. The highest BCUT2D eigenvalue weighted by molar-refractivity contribution is 5.74. The van der Waals surface area contributed by atoms with E-state index in [9.17, 15) is 13.6 Å². The van der Waals surface area contributed by atoms with Gasteiger partial charge in [0.2, 0.25) is 0 Å². The first-order valence-electron chi connectivity index (χ1n) is 4.12. The van der Waals surface area contributed by atoms with Gasteiger partial charge in [-0.2, -0.15) is 0 Å². The summed E-state index contributed by atoms with van der Waals surface area (Å²) in [5.74, 6) is -0.0451. The Bertz CT molecular complexity index is 427. The molecule has 1 heterocycles. The van der Waals surface area contributed by atoms with E-state index in [1.54, 1.807) is 6.07 Å². The summed E-state index contributed by atoms with van der Waals surface area (Å²) >= 11 is 0. The zero-order valence-electron chi connectivity index (χ0n) is 7.44. The number of hydrogen-bond acceptors (Lipinski definition) is 3. The highest BCUT2D eigenvalue weighted by Crippen LogP contribution is 2.41. The quantitative estimate of drug-likeness (QED) is 0.557. The second-order valence-corrected chi connectivity index (χ2v) is 2.87. The SMILES string of the molecule is O=C/C=C/c1ccc2c(c1)OC(F)(F)O2. The van der Waals surface area contributed by atoms with Gasteiger partial charge in [-0.25, -0.2) is 0 Å². The number of fused-ring (bicyclic) bond motifs is 1. The fourth-order valence-corrected chi connectivity index (χ4v) is 1.22. The van der Waals surface area contributed by atoms with Gasteiger partial charge in [-0.1, -0.05) is 12.1 Å². The first kappa shape index (κ1) is 9.64. The molecule has 0 saturated heterocycles. The van der Waals surface area contributed by atoms with E-state index in [2.05, 4.69) is 9.47 Å². The van der Waals surface area contributed by atoms with Gasteiger partial charge < -0.3 is 9.47 Å². The topological polar surface area (TPSA) is 35.5 Å². The average Bonchev–Trinajstić information content (AvgIpc) is 2.47. The van der Waals surface area contributed by atoms with E-state index < -0.39 is 6.29 Å². The standard InChI is InChI=1S/C10H6F2O3/c11-10(12)14-8-4-3-7(2-1-5-13)6-9(8)15-10/h1-6H/b2-1+. The van der Waals surface area contributed by atoms with Crippen LogP contribution in [0.25, 0.3) is 6.08 Å². The molecule has 1 aliphatic rings. The summed E-state index contributed by atoms with van der Waals surface area (Å²) in [7, 11) is 0. The number of ether oxygens (including phenoxy) is 2. The van der Waals surface area contributed by atoms with Crippen molar-refractivity contribution in [2.75, 3.05) is 0 Å². The molecule has 0 bridgehead atoms. The Morgan fingerprint density at radius 1 is 1.20 bits per heavy atom. The number of benzene rings is 1. The Labute approximate surface area is 83.9 Å². The maximum atomic E-state index is 12.6. The molecule has 0 amide bonds. The van der Waals surface area contributed by atoms with Crippen molar-refractivity contribution in [2.45, 2.75) is 6.29 Å². The van der Waals surface area contributed by atoms with Crippen LogP contribution in [0.2, 0.25) is 0 Å². The van der Waals surface area contributed by atoms with Gasteiger partial charge in [-0.15, -0.1) is 8.78 Å². The van der Waals surface area contributed by atoms with Crippen LogP contribution in [-0.2, 0) is 4.79 Å². The summed E-state index contributed by atoms with van der Waals surface area (Å²) in [6.45, 7) is 0. The Morgan fingerprint density at radius 2 is 1.93 bits per heavy atom. The third-order valence-electron chi connectivity index (χ3n) is 1.79. The zero-order valence-corrected chi connectivity index (χ0v) is 7.44. The normalized spacial score (nSPS) is 16.9.